The third-order valence-corrected chi connectivity index (χ3v) is 2.77. The summed E-state index contributed by atoms with van der Waals surface area (Å²) in [6.45, 7) is 1.37. The van der Waals surface area contributed by atoms with Gasteiger partial charge in [0.2, 0.25) is 0 Å². The number of aromatic nitrogens is 3. The number of imidazole rings is 1. The van der Waals surface area contributed by atoms with Crippen LogP contribution in [0.3, 0.4) is 0 Å². The molecule has 2 heterocycles. The first-order valence-electron chi connectivity index (χ1n) is 4.64. The zero-order valence-electron chi connectivity index (χ0n) is 8.33. The van der Waals surface area contributed by atoms with Crippen LogP contribution in [0.1, 0.15) is 10.5 Å². The Morgan fingerprint density at radius 1 is 1.62 bits per heavy atom. The van der Waals surface area contributed by atoms with Crippen molar-refractivity contribution in [3.8, 4) is 0 Å². The molecule has 0 saturated heterocycles. The number of rotatable bonds is 5. The molecule has 0 aliphatic heterocycles. The van der Waals surface area contributed by atoms with Crippen LogP contribution in [0.4, 0.5) is 5.00 Å². The Hall–Kier alpha value is -1.89. The maximum atomic E-state index is 10.8. The molecule has 16 heavy (non-hydrogen) atoms. The number of carboxylic acids is 1. The average Bonchev–Trinajstić information content (AvgIpc) is 2.87. The SMILES string of the molecule is O=C(O)c1ncsc1NCCn1ccnc1. The number of carbonyl (C=O) groups is 1. The quantitative estimate of drug-likeness (QED) is 0.816. The number of nitrogens with one attached hydrogen (secondary N) is 1. The van der Waals surface area contributed by atoms with Crippen LogP contribution in [-0.2, 0) is 6.54 Å². The van der Waals surface area contributed by atoms with Gasteiger partial charge in [0, 0.05) is 25.5 Å². The van der Waals surface area contributed by atoms with Crippen LogP contribution in [0.15, 0.2) is 24.2 Å². The number of nitrogens with zero attached hydrogens (tertiary/aromatic N) is 3. The Labute approximate surface area is 95.6 Å². The Bertz CT molecular complexity index is 466. The molecule has 0 aliphatic carbocycles. The summed E-state index contributed by atoms with van der Waals surface area (Å²) in [7, 11) is 0. The first kappa shape index (κ1) is 10.6. The molecule has 2 N–H and O–H groups in total. The summed E-state index contributed by atoms with van der Waals surface area (Å²) in [4.78, 5) is 18.4. The second-order valence-electron chi connectivity index (χ2n) is 3.06. The number of carboxylic acid groups (broad SMARTS) is 1. The molecular formula is C9H10N4O2S. The van der Waals surface area contributed by atoms with Gasteiger partial charge in [-0.1, -0.05) is 0 Å². The van der Waals surface area contributed by atoms with Crippen molar-refractivity contribution in [2.45, 2.75) is 6.54 Å². The maximum absolute atomic E-state index is 10.8. The highest BCUT2D eigenvalue weighted by atomic mass is 32.1. The van der Waals surface area contributed by atoms with Gasteiger partial charge in [0.25, 0.3) is 0 Å². The molecule has 0 spiro atoms. The lowest BCUT2D eigenvalue weighted by Gasteiger charge is -2.04. The van der Waals surface area contributed by atoms with Gasteiger partial charge in [0.05, 0.1) is 11.8 Å². The van der Waals surface area contributed by atoms with Gasteiger partial charge in [-0.3, -0.25) is 0 Å². The van der Waals surface area contributed by atoms with E-state index in [2.05, 4.69) is 15.3 Å². The van der Waals surface area contributed by atoms with Crippen molar-refractivity contribution < 1.29 is 9.90 Å². The lowest BCUT2D eigenvalue weighted by Crippen LogP contribution is -2.10. The highest BCUT2D eigenvalue weighted by Gasteiger charge is 2.12. The number of anilines is 1. The highest BCUT2D eigenvalue weighted by Crippen LogP contribution is 2.19. The van der Waals surface area contributed by atoms with Crippen molar-refractivity contribution in [3.63, 3.8) is 0 Å². The van der Waals surface area contributed by atoms with E-state index in [1.807, 2.05) is 10.8 Å². The van der Waals surface area contributed by atoms with Crippen LogP contribution in [0.5, 0.6) is 0 Å². The van der Waals surface area contributed by atoms with E-state index < -0.39 is 5.97 Å². The van der Waals surface area contributed by atoms with Gasteiger partial charge in [-0.25, -0.2) is 14.8 Å². The normalized spacial score (nSPS) is 10.2. The summed E-state index contributed by atoms with van der Waals surface area (Å²) in [5.74, 6) is -1.01. The molecule has 84 valence electrons. The molecule has 0 aromatic carbocycles. The molecule has 0 saturated carbocycles. The molecule has 6 nitrogen and oxygen atoms in total. The van der Waals surface area contributed by atoms with Gasteiger partial charge in [-0.2, -0.15) is 0 Å². The van der Waals surface area contributed by atoms with E-state index in [9.17, 15) is 4.79 Å². The Morgan fingerprint density at radius 2 is 2.50 bits per heavy atom. The van der Waals surface area contributed by atoms with E-state index in [1.165, 1.54) is 16.8 Å². The van der Waals surface area contributed by atoms with Crippen molar-refractivity contribution >= 4 is 22.3 Å². The molecule has 0 radical (unpaired) electrons. The number of thiazole rings is 1. The van der Waals surface area contributed by atoms with Crippen molar-refractivity contribution in [2.75, 3.05) is 11.9 Å². The summed E-state index contributed by atoms with van der Waals surface area (Å²) < 4.78 is 1.91. The van der Waals surface area contributed by atoms with Crippen LogP contribution >= 0.6 is 11.3 Å². The Kier molecular flexibility index (Phi) is 3.16. The fourth-order valence-corrected chi connectivity index (χ4v) is 1.94. The van der Waals surface area contributed by atoms with E-state index >= 15 is 0 Å². The van der Waals surface area contributed by atoms with E-state index in [-0.39, 0.29) is 5.69 Å². The van der Waals surface area contributed by atoms with Crippen LogP contribution in [-0.4, -0.2) is 32.2 Å². The fourth-order valence-electron chi connectivity index (χ4n) is 1.24. The molecule has 0 bridgehead atoms. The molecule has 0 atom stereocenters. The first-order valence-corrected chi connectivity index (χ1v) is 5.51. The molecule has 2 rings (SSSR count). The summed E-state index contributed by atoms with van der Waals surface area (Å²) in [5.41, 5.74) is 1.60. The summed E-state index contributed by atoms with van der Waals surface area (Å²) in [6.07, 6.45) is 5.27. The second-order valence-corrected chi connectivity index (χ2v) is 3.92. The van der Waals surface area contributed by atoms with Crippen molar-refractivity contribution in [1.82, 2.24) is 14.5 Å². The lowest BCUT2D eigenvalue weighted by molar-refractivity contribution is 0.0692. The van der Waals surface area contributed by atoms with Gasteiger partial charge >= 0.3 is 5.97 Å². The monoisotopic (exact) mass is 238 g/mol. The topological polar surface area (TPSA) is 80.0 Å². The molecule has 2 aromatic rings. The second kappa shape index (κ2) is 4.75. The first-order chi connectivity index (χ1) is 7.77. The van der Waals surface area contributed by atoms with Crippen molar-refractivity contribution in [2.24, 2.45) is 0 Å². The zero-order valence-corrected chi connectivity index (χ0v) is 9.15. The Morgan fingerprint density at radius 3 is 3.19 bits per heavy atom. The summed E-state index contributed by atoms with van der Waals surface area (Å²) in [5, 5.41) is 12.5. The van der Waals surface area contributed by atoms with Crippen LogP contribution < -0.4 is 5.32 Å². The van der Waals surface area contributed by atoms with Gasteiger partial charge in [0.1, 0.15) is 5.00 Å². The van der Waals surface area contributed by atoms with E-state index in [4.69, 9.17) is 5.11 Å². The van der Waals surface area contributed by atoms with Crippen LogP contribution in [0, 0.1) is 0 Å². The van der Waals surface area contributed by atoms with Crippen molar-refractivity contribution in [1.29, 1.82) is 0 Å². The minimum atomic E-state index is -1.01. The summed E-state index contributed by atoms with van der Waals surface area (Å²) in [6, 6.07) is 0. The predicted molar refractivity (Wildman–Crippen MR) is 59.8 cm³/mol. The maximum Gasteiger partial charge on any atom is 0.357 e. The molecule has 2 aromatic heterocycles. The van der Waals surface area contributed by atoms with Gasteiger partial charge in [0.15, 0.2) is 5.69 Å². The predicted octanol–water partition coefficient (Wildman–Crippen LogP) is 1.15. The minimum absolute atomic E-state index is 0.0793. The summed E-state index contributed by atoms with van der Waals surface area (Å²) >= 11 is 1.29. The molecule has 7 heteroatoms. The van der Waals surface area contributed by atoms with Crippen molar-refractivity contribution in [3.05, 3.63) is 29.9 Å². The smallest absolute Gasteiger partial charge is 0.357 e. The fraction of sp³-hybridized carbons (Fsp3) is 0.222. The number of hydrogen-bond acceptors (Lipinski definition) is 5. The van der Waals surface area contributed by atoms with E-state index in [0.717, 1.165) is 6.54 Å². The third kappa shape index (κ3) is 2.37. The molecule has 0 aliphatic rings. The average molecular weight is 238 g/mol. The van der Waals surface area contributed by atoms with Gasteiger partial charge < -0.3 is 15.0 Å². The van der Waals surface area contributed by atoms with E-state index in [1.54, 1.807) is 12.5 Å². The van der Waals surface area contributed by atoms with Gasteiger partial charge in [-0.15, -0.1) is 11.3 Å². The molecule has 0 amide bonds. The number of aromatic carboxylic acids is 1. The minimum Gasteiger partial charge on any atom is -0.476 e. The van der Waals surface area contributed by atoms with Crippen LogP contribution in [0.25, 0.3) is 0 Å². The zero-order chi connectivity index (χ0) is 11.4. The van der Waals surface area contributed by atoms with Gasteiger partial charge in [-0.05, 0) is 0 Å². The molecule has 0 unspecified atom stereocenters. The number of hydrogen-bond donors (Lipinski definition) is 2. The standard InChI is InChI=1S/C9H10N4O2S/c14-9(15)7-8(16-6-12-7)11-2-4-13-3-1-10-5-13/h1,3,5-6,11H,2,4H2,(H,14,15). The Balaban J connectivity index is 1.90. The molecular weight excluding hydrogens is 228 g/mol. The lowest BCUT2D eigenvalue weighted by atomic mass is 10.4. The largest absolute Gasteiger partial charge is 0.476 e. The van der Waals surface area contributed by atoms with Crippen LogP contribution in [0.2, 0.25) is 0 Å². The van der Waals surface area contributed by atoms with E-state index in [0.29, 0.717) is 11.5 Å². The molecule has 0 fully saturated rings. The highest BCUT2D eigenvalue weighted by molar-refractivity contribution is 7.14. The third-order valence-electron chi connectivity index (χ3n) is 1.98.